The number of ether oxygens (including phenoxy) is 1. The Morgan fingerprint density at radius 3 is 2.47 bits per heavy atom. The van der Waals surface area contributed by atoms with E-state index in [1.807, 2.05) is 36.4 Å². The molecule has 2 heterocycles. The van der Waals surface area contributed by atoms with Gasteiger partial charge in [-0.15, -0.1) is 11.3 Å². The van der Waals surface area contributed by atoms with E-state index in [4.69, 9.17) is 9.72 Å². The second-order valence-corrected chi connectivity index (χ2v) is 8.31. The van der Waals surface area contributed by atoms with Crippen molar-refractivity contribution in [2.45, 2.75) is 26.2 Å². The predicted molar refractivity (Wildman–Crippen MR) is 127 cm³/mol. The number of thiazole rings is 1. The van der Waals surface area contributed by atoms with E-state index in [0.717, 1.165) is 60.1 Å². The van der Waals surface area contributed by atoms with Crippen LogP contribution in [0.4, 0.5) is 5.13 Å². The molecular formula is C24H26N4O3S. The van der Waals surface area contributed by atoms with E-state index in [1.54, 1.807) is 18.4 Å². The first kappa shape index (κ1) is 21.8. The van der Waals surface area contributed by atoms with Crippen LogP contribution in [0.1, 0.15) is 25.3 Å². The van der Waals surface area contributed by atoms with E-state index in [-0.39, 0.29) is 0 Å². The van der Waals surface area contributed by atoms with Crippen molar-refractivity contribution < 1.29 is 9.26 Å². The zero-order chi connectivity index (χ0) is 22.3. The van der Waals surface area contributed by atoms with Crippen LogP contribution in [0, 0.1) is 0 Å². The van der Waals surface area contributed by atoms with E-state index in [2.05, 4.69) is 44.0 Å². The van der Waals surface area contributed by atoms with Gasteiger partial charge in [0.25, 0.3) is 0 Å². The summed E-state index contributed by atoms with van der Waals surface area (Å²) in [6.07, 6.45) is 3.16. The summed E-state index contributed by atoms with van der Waals surface area (Å²) in [5.41, 5.74) is 4.12. The summed E-state index contributed by atoms with van der Waals surface area (Å²) in [6.45, 7) is 4.07. The number of nitrogens with zero attached hydrogens (tertiary/aromatic N) is 3. The van der Waals surface area contributed by atoms with Gasteiger partial charge in [-0.1, -0.05) is 42.8 Å². The first-order valence-corrected chi connectivity index (χ1v) is 11.5. The molecule has 2 aromatic carbocycles. The maximum atomic E-state index is 11.1. The number of benzene rings is 2. The van der Waals surface area contributed by atoms with Gasteiger partial charge in [0, 0.05) is 29.6 Å². The highest BCUT2D eigenvalue weighted by atomic mass is 32.1. The number of aromatic amines is 1. The molecule has 4 aromatic rings. The molecule has 0 saturated carbocycles. The minimum Gasteiger partial charge on any atom is -0.497 e. The van der Waals surface area contributed by atoms with Crippen LogP contribution in [0.2, 0.25) is 0 Å². The van der Waals surface area contributed by atoms with Gasteiger partial charge in [0.2, 0.25) is 0 Å². The molecule has 0 atom stereocenters. The van der Waals surface area contributed by atoms with Crippen molar-refractivity contribution >= 4 is 16.5 Å². The van der Waals surface area contributed by atoms with Crippen LogP contribution >= 0.6 is 11.3 Å². The van der Waals surface area contributed by atoms with Crippen LogP contribution in [0.3, 0.4) is 0 Å². The molecule has 1 N–H and O–H groups in total. The number of H-pyrrole nitrogens is 1. The van der Waals surface area contributed by atoms with Crippen LogP contribution in [0.25, 0.3) is 22.6 Å². The largest absolute Gasteiger partial charge is 0.497 e. The Kier molecular flexibility index (Phi) is 7.01. The van der Waals surface area contributed by atoms with Crippen LogP contribution in [0.15, 0.2) is 63.2 Å². The Hall–Kier alpha value is -3.39. The summed E-state index contributed by atoms with van der Waals surface area (Å²) in [7, 11) is 1.67. The van der Waals surface area contributed by atoms with E-state index in [0.29, 0.717) is 5.82 Å². The van der Waals surface area contributed by atoms with Crippen molar-refractivity contribution in [3.8, 4) is 28.4 Å². The SMILES string of the molecule is CCCCN(CCc1ccc(-c2noc(=O)[nH]2)cc1)c1nc(-c2ccc(OC)cc2)cs1. The van der Waals surface area contributed by atoms with Gasteiger partial charge in [-0.25, -0.2) is 9.78 Å². The molecule has 0 amide bonds. The average molecular weight is 451 g/mol. The third-order valence-electron chi connectivity index (χ3n) is 5.27. The van der Waals surface area contributed by atoms with Gasteiger partial charge in [0.15, 0.2) is 11.0 Å². The second-order valence-electron chi connectivity index (χ2n) is 7.47. The summed E-state index contributed by atoms with van der Waals surface area (Å²) >= 11 is 1.68. The highest BCUT2D eigenvalue weighted by Crippen LogP contribution is 2.29. The van der Waals surface area contributed by atoms with Crippen LogP contribution < -0.4 is 15.4 Å². The van der Waals surface area contributed by atoms with Gasteiger partial charge < -0.3 is 9.64 Å². The predicted octanol–water partition coefficient (Wildman–Crippen LogP) is 5.01. The Bertz CT molecular complexity index is 1180. The lowest BCUT2D eigenvalue weighted by molar-refractivity contribution is 0.388. The quantitative estimate of drug-likeness (QED) is 0.366. The fourth-order valence-electron chi connectivity index (χ4n) is 3.40. The summed E-state index contributed by atoms with van der Waals surface area (Å²) in [5, 5.41) is 6.89. The number of aromatic nitrogens is 3. The molecule has 32 heavy (non-hydrogen) atoms. The molecule has 0 spiro atoms. The molecule has 0 aliphatic carbocycles. The lowest BCUT2D eigenvalue weighted by atomic mass is 10.1. The van der Waals surface area contributed by atoms with Crippen molar-refractivity contribution in [2.24, 2.45) is 0 Å². The number of nitrogens with one attached hydrogen (secondary N) is 1. The topological polar surface area (TPSA) is 84.3 Å². The highest BCUT2D eigenvalue weighted by Gasteiger charge is 2.13. The molecule has 0 radical (unpaired) electrons. The molecular weight excluding hydrogens is 424 g/mol. The maximum Gasteiger partial charge on any atom is 0.439 e. The number of unbranched alkanes of at least 4 members (excludes halogenated alkanes) is 1. The second kappa shape index (κ2) is 10.3. The van der Waals surface area contributed by atoms with Gasteiger partial charge in [-0.3, -0.25) is 9.51 Å². The van der Waals surface area contributed by atoms with Gasteiger partial charge in [-0.05, 0) is 42.7 Å². The molecule has 0 aliphatic rings. The standard InChI is InChI=1S/C24H26N4O3S/c1-3-4-14-28(23-25-21(16-32-23)18-9-11-20(30-2)12-10-18)15-13-17-5-7-19(8-6-17)22-26-24(29)31-27-22/h5-12,16H,3-4,13-15H2,1-2H3,(H,26,27,29). The van der Waals surface area contributed by atoms with Crippen molar-refractivity contribution in [3.05, 3.63) is 70.0 Å². The first-order valence-electron chi connectivity index (χ1n) is 10.7. The fraction of sp³-hybridized carbons (Fsp3) is 0.292. The summed E-state index contributed by atoms with van der Waals surface area (Å²) in [6, 6.07) is 16.0. The summed E-state index contributed by atoms with van der Waals surface area (Å²) < 4.78 is 9.83. The van der Waals surface area contributed by atoms with E-state index < -0.39 is 5.76 Å². The summed E-state index contributed by atoms with van der Waals surface area (Å²) in [4.78, 5) is 21.0. The van der Waals surface area contributed by atoms with Crippen molar-refractivity contribution in [1.82, 2.24) is 15.1 Å². The van der Waals surface area contributed by atoms with E-state index in [9.17, 15) is 4.79 Å². The highest BCUT2D eigenvalue weighted by molar-refractivity contribution is 7.14. The average Bonchev–Trinajstić information content (AvgIpc) is 3.49. The van der Waals surface area contributed by atoms with E-state index in [1.165, 1.54) is 5.56 Å². The molecule has 0 fully saturated rings. The van der Waals surface area contributed by atoms with Gasteiger partial charge >= 0.3 is 5.76 Å². The molecule has 2 aromatic heterocycles. The Morgan fingerprint density at radius 2 is 1.81 bits per heavy atom. The zero-order valence-electron chi connectivity index (χ0n) is 18.2. The molecule has 0 unspecified atom stereocenters. The number of rotatable bonds is 10. The molecule has 0 aliphatic heterocycles. The fourth-order valence-corrected chi connectivity index (χ4v) is 4.29. The van der Waals surface area contributed by atoms with Gasteiger partial charge in [0.1, 0.15) is 5.75 Å². The Labute approximate surface area is 190 Å². The normalized spacial score (nSPS) is 10.9. The third-order valence-corrected chi connectivity index (χ3v) is 6.17. The Balaban J connectivity index is 1.44. The smallest absolute Gasteiger partial charge is 0.439 e. The number of anilines is 1. The van der Waals surface area contributed by atoms with Gasteiger partial charge in [-0.2, -0.15) is 0 Å². The zero-order valence-corrected chi connectivity index (χ0v) is 19.0. The van der Waals surface area contributed by atoms with Crippen molar-refractivity contribution in [1.29, 1.82) is 0 Å². The van der Waals surface area contributed by atoms with E-state index >= 15 is 0 Å². The van der Waals surface area contributed by atoms with Crippen molar-refractivity contribution in [2.75, 3.05) is 25.1 Å². The lowest BCUT2D eigenvalue weighted by Crippen LogP contribution is -2.26. The molecule has 0 bridgehead atoms. The molecule has 4 rings (SSSR count). The third kappa shape index (κ3) is 5.26. The van der Waals surface area contributed by atoms with Gasteiger partial charge in [0.05, 0.1) is 12.8 Å². The van der Waals surface area contributed by atoms with Crippen LogP contribution in [-0.2, 0) is 6.42 Å². The maximum absolute atomic E-state index is 11.1. The minimum absolute atomic E-state index is 0.444. The lowest BCUT2D eigenvalue weighted by Gasteiger charge is -2.21. The summed E-state index contributed by atoms with van der Waals surface area (Å²) in [5.74, 6) is 0.739. The monoisotopic (exact) mass is 450 g/mol. The van der Waals surface area contributed by atoms with Crippen LogP contribution in [0.5, 0.6) is 5.75 Å². The van der Waals surface area contributed by atoms with Crippen LogP contribution in [-0.4, -0.2) is 35.3 Å². The molecule has 7 nitrogen and oxygen atoms in total. The number of hydrogen-bond donors (Lipinski definition) is 1. The first-order chi connectivity index (χ1) is 15.7. The molecule has 166 valence electrons. The van der Waals surface area contributed by atoms with Crippen molar-refractivity contribution in [3.63, 3.8) is 0 Å². The minimum atomic E-state index is -0.548. The number of hydrogen-bond acceptors (Lipinski definition) is 7. The molecule has 8 heteroatoms. The Morgan fingerprint density at radius 1 is 1.06 bits per heavy atom. The number of methoxy groups -OCH3 is 1. The molecule has 0 saturated heterocycles.